The van der Waals surface area contributed by atoms with Gasteiger partial charge in [0.1, 0.15) is 0 Å². The van der Waals surface area contributed by atoms with Crippen molar-refractivity contribution in [2.75, 3.05) is 6.54 Å². The molecule has 3 fully saturated rings. The Bertz CT molecular complexity index is 392. The Balaban J connectivity index is 1.75. The first kappa shape index (κ1) is 13.1. The number of β-amino-alcohol motifs (C(OH)–C–C–N with tert-alkyl or cyclic N) is 1. The van der Waals surface area contributed by atoms with E-state index in [-0.39, 0.29) is 18.4 Å². The van der Waals surface area contributed by atoms with Gasteiger partial charge >= 0.3 is 0 Å². The zero-order valence-electron chi connectivity index (χ0n) is 11.5. The van der Waals surface area contributed by atoms with Gasteiger partial charge in [0, 0.05) is 6.42 Å². The molecule has 0 aromatic rings. The van der Waals surface area contributed by atoms with E-state index in [0.717, 1.165) is 51.4 Å². The molecular formula is C15H23NO3. The summed E-state index contributed by atoms with van der Waals surface area (Å²) >= 11 is 0. The molecule has 1 aliphatic heterocycles. The highest BCUT2D eigenvalue weighted by Gasteiger charge is 2.53. The molecule has 106 valence electrons. The molecule has 2 aliphatic carbocycles. The number of amides is 2. The van der Waals surface area contributed by atoms with Crippen molar-refractivity contribution in [1.29, 1.82) is 0 Å². The number of likely N-dealkylation sites (tertiary alicyclic amines) is 1. The lowest BCUT2D eigenvalue weighted by molar-refractivity contribution is -0.146. The third kappa shape index (κ3) is 2.20. The molecule has 0 radical (unpaired) electrons. The van der Waals surface area contributed by atoms with Crippen molar-refractivity contribution in [3.8, 4) is 0 Å². The number of hydrogen-bond donors (Lipinski definition) is 1. The minimum atomic E-state index is -0.814. The number of carbonyl (C=O) groups excluding carboxylic acids is 2. The Kier molecular flexibility index (Phi) is 3.16. The number of aliphatic hydroxyl groups is 1. The van der Waals surface area contributed by atoms with Crippen LogP contribution in [0.15, 0.2) is 0 Å². The van der Waals surface area contributed by atoms with Gasteiger partial charge in [-0.2, -0.15) is 0 Å². The molecular weight excluding hydrogens is 242 g/mol. The molecule has 3 aliphatic rings. The van der Waals surface area contributed by atoms with Gasteiger partial charge in [0.05, 0.1) is 17.6 Å². The summed E-state index contributed by atoms with van der Waals surface area (Å²) in [7, 11) is 0. The second-order valence-electron chi connectivity index (χ2n) is 6.73. The van der Waals surface area contributed by atoms with Gasteiger partial charge in [0.25, 0.3) is 0 Å². The fraction of sp³-hybridized carbons (Fsp3) is 0.867. The molecule has 1 spiro atoms. The van der Waals surface area contributed by atoms with E-state index in [9.17, 15) is 14.7 Å². The summed E-state index contributed by atoms with van der Waals surface area (Å²) < 4.78 is 0. The van der Waals surface area contributed by atoms with E-state index in [1.165, 1.54) is 11.3 Å². The molecule has 0 aromatic heterocycles. The molecule has 4 heteroatoms. The van der Waals surface area contributed by atoms with Crippen LogP contribution < -0.4 is 0 Å². The van der Waals surface area contributed by atoms with Gasteiger partial charge < -0.3 is 5.11 Å². The SMILES string of the molecule is O=C1CC2(CCCCC2)C(=O)N1CC1(O)CCCC1. The number of carbonyl (C=O) groups is 2. The van der Waals surface area contributed by atoms with Crippen LogP contribution >= 0.6 is 0 Å². The number of nitrogens with zero attached hydrogens (tertiary/aromatic N) is 1. The van der Waals surface area contributed by atoms with E-state index in [4.69, 9.17) is 0 Å². The van der Waals surface area contributed by atoms with Gasteiger partial charge in [-0.25, -0.2) is 0 Å². The molecule has 3 rings (SSSR count). The van der Waals surface area contributed by atoms with Crippen LogP contribution in [-0.2, 0) is 9.59 Å². The minimum absolute atomic E-state index is 0.00229. The lowest BCUT2D eigenvalue weighted by Gasteiger charge is -2.32. The third-order valence-electron chi connectivity index (χ3n) is 5.29. The lowest BCUT2D eigenvalue weighted by atomic mass is 9.73. The van der Waals surface area contributed by atoms with E-state index in [1.807, 2.05) is 0 Å². The first-order chi connectivity index (χ1) is 9.05. The van der Waals surface area contributed by atoms with Crippen molar-refractivity contribution in [3.63, 3.8) is 0 Å². The van der Waals surface area contributed by atoms with E-state index in [0.29, 0.717) is 6.42 Å². The molecule has 0 unspecified atom stereocenters. The predicted molar refractivity (Wildman–Crippen MR) is 70.3 cm³/mol. The summed E-state index contributed by atoms with van der Waals surface area (Å²) in [6, 6.07) is 0. The summed E-state index contributed by atoms with van der Waals surface area (Å²) in [5.41, 5.74) is -1.23. The molecule has 2 saturated carbocycles. The monoisotopic (exact) mass is 265 g/mol. The molecule has 1 saturated heterocycles. The quantitative estimate of drug-likeness (QED) is 0.777. The fourth-order valence-corrected chi connectivity index (χ4v) is 4.12. The van der Waals surface area contributed by atoms with Gasteiger partial charge in [-0.15, -0.1) is 0 Å². The van der Waals surface area contributed by atoms with Crippen LogP contribution in [0.4, 0.5) is 0 Å². The normalized spacial score (nSPS) is 29.4. The summed E-state index contributed by atoms with van der Waals surface area (Å²) in [6.45, 7) is 0.229. The van der Waals surface area contributed by atoms with Crippen molar-refractivity contribution in [2.24, 2.45) is 5.41 Å². The van der Waals surface area contributed by atoms with Gasteiger partial charge in [-0.3, -0.25) is 14.5 Å². The van der Waals surface area contributed by atoms with Gasteiger partial charge in [-0.1, -0.05) is 32.1 Å². The summed E-state index contributed by atoms with van der Waals surface area (Å²) in [5.74, 6) is -0.0650. The Hall–Kier alpha value is -0.900. The number of imide groups is 1. The van der Waals surface area contributed by atoms with Crippen LogP contribution in [0.1, 0.15) is 64.2 Å². The molecule has 0 bridgehead atoms. The van der Waals surface area contributed by atoms with Gasteiger partial charge in [0.15, 0.2) is 0 Å². The van der Waals surface area contributed by atoms with E-state index in [2.05, 4.69) is 0 Å². The highest BCUT2D eigenvalue weighted by molar-refractivity contribution is 6.06. The summed E-state index contributed by atoms with van der Waals surface area (Å²) in [6.07, 6.45) is 8.80. The fourth-order valence-electron chi connectivity index (χ4n) is 4.12. The largest absolute Gasteiger partial charge is 0.388 e. The summed E-state index contributed by atoms with van der Waals surface area (Å²) in [4.78, 5) is 26.2. The van der Waals surface area contributed by atoms with Crippen LogP contribution in [-0.4, -0.2) is 34.0 Å². The van der Waals surface area contributed by atoms with E-state index >= 15 is 0 Å². The topological polar surface area (TPSA) is 57.6 Å². The molecule has 19 heavy (non-hydrogen) atoms. The summed E-state index contributed by atoms with van der Waals surface area (Å²) in [5, 5.41) is 10.4. The Morgan fingerprint density at radius 1 is 0.947 bits per heavy atom. The third-order valence-corrected chi connectivity index (χ3v) is 5.29. The van der Waals surface area contributed by atoms with Crippen LogP contribution in [0, 0.1) is 5.41 Å². The predicted octanol–water partition coefficient (Wildman–Crippen LogP) is 2.00. The average molecular weight is 265 g/mol. The molecule has 1 heterocycles. The second-order valence-corrected chi connectivity index (χ2v) is 6.73. The maximum atomic E-state index is 12.6. The minimum Gasteiger partial charge on any atom is -0.388 e. The molecule has 0 aromatic carbocycles. The molecule has 0 atom stereocenters. The van der Waals surface area contributed by atoms with Crippen LogP contribution in [0.2, 0.25) is 0 Å². The zero-order chi connectivity index (χ0) is 13.5. The molecule has 1 N–H and O–H groups in total. The van der Waals surface area contributed by atoms with Crippen LogP contribution in [0.5, 0.6) is 0 Å². The first-order valence-corrected chi connectivity index (χ1v) is 7.62. The average Bonchev–Trinajstić information content (AvgIpc) is 2.90. The maximum absolute atomic E-state index is 12.6. The van der Waals surface area contributed by atoms with Crippen molar-refractivity contribution >= 4 is 11.8 Å². The Labute approximate surface area is 114 Å². The zero-order valence-corrected chi connectivity index (χ0v) is 11.5. The van der Waals surface area contributed by atoms with Crippen molar-refractivity contribution in [2.45, 2.75) is 69.8 Å². The highest BCUT2D eigenvalue weighted by atomic mass is 16.3. The Morgan fingerprint density at radius 3 is 2.16 bits per heavy atom. The van der Waals surface area contributed by atoms with E-state index < -0.39 is 11.0 Å². The number of hydrogen-bond acceptors (Lipinski definition) is 3. The van der Waals surface area contributed by atoms with E-state index in [1.54, 1.807) is 0 Å². The lowest BCUT2D eigenvalue weighted by Crippen LogP contribution is -2.45. The smallest absolute Gasteiger partial charge is 0.236 e. The van der Waals surface area contributed by atoms with Crippen LogP contribution in [0.25, 0.3) is 0 Å². The highest BCUT2D eigenvalue weighted by Crippen LogP contribution is 2.46. The van der Waals surface area contributed by atoms with Gasteiger partial charge in [0.2, 0.25) is 11.8 Å². The van der Waals surface area contributed by atoms with Gasteiger partial charge in [-0.05, 0) is 25.7 Å². The molecule has 2 amide bonds. The standard InChI is InChI=1S/C15H23NO3/c17-12-10-14(6-2-1-3-7-14)13(18)16(12)11-15(19)8-4-5-9-15/h19H,1-11H2. The first-order valence-electron chi connectivity index (χ1n) is 7.62. The maximum Gasteiger partial charge on any atom is 0.236 e. The van der Waals surface area contributed by atoms with Crippen LogP contribution in [0.3, 0.4) is 0 Å². The second kappa shape index (κ2) is 4.58. The van der Waals surface area contributed by atoms with Crippen molar-refractivity contribution in [3.05, 3.63) is 0 Å². The molecule has 4 nitrogen and oxygen atoms in total. The number of rotatable bonds is 2. The Morgan fingerprint density at radius 2 is 1.53 bits per heavy atom. The van der Waals surface area contributed by atoms with Crippen molar-refractivity contribution in [1.82, 2.24) is 4.90 Å². The van der Waals surface area contributed by atoms with Crippen molar-refractivity contribution < 1.29 is 14.7 Å².